The van der Waals surface area contributed by atoms with Gasteiger partial charge in [-0.15, -0.1) is 11.3 Å². The molecule has 1 aromatic heterocycles. The Bertz CT molecular complexity index is 828. The fraction of sp³-hybridized carbons (Fsp3) is 0. The fourth-order valence-corrected chi connectivity index (χ4v) is 3.13. The molecule has 0 aliphatic rings. The predicted molar refractivity (Wildman–Crippen MR) is 85.9 cm³/mol. The maximum atomic E-state index is 10.8. The summed E-state index contributed by atoms with van der Waals surface area (Å²) in [7, 11) is -3.99. The molecule has 2 aromatic carbocycles. The molecule has 0 saturated carbocycles. The molecule has 104 valence electrons. The van der Waals surface area contributed by atoms with Crippen molar-refractivity contribution >= 4 is 61.4 Å². The van der Waals surface area contributed by atoms with Crippen LogP contribution in [0.3, 0.4) is 0 Å². The molecule has 0 aliphatic carbocycles. The Hall–Kier alpha value is -0.960. The molecule has 21 heavy (non-hydrogen) atoms. The van der Waals surface area contributed by atoms with E-state index >= 15 is 0 Å². The number of rotatable bonds is 3. The Labute approximate surface area is 148 Å². The molecule has 3 rings (SSSR count). The number of fused-ring (bicyclic) bond motifs is 1. The van der Waals surface area contributed by atoms with E-state index in [1.807, 2.05) is 24.3 Å². The van der Waals surface area contributed by atoms with Crippen molar-refractivity contribution in [2.75, 3.05) is 0 Å². The molecular formula is C13H11N2NaO3S2. The first-order valence-corrected chi connectivity index (χ1v) is 7.98. The van der Waals surface area contributed by atoms with Crippen LogP contribution in [0, 0.1) is 0 Å². The van der Waals surface area contributed by atoms with Gasteiger partial charge in [-0.25, -0.2) is 4.98 Å². The Kier molecular flexibility index (Phi) is 5.03. The summed E-state index contributed by atoms with van der Waals surface area (Å²) in [6.45, 7) is 0. The third-order valence-corrected chi connectivity index (χ3v) is 4.12. The SMILES string of the molecule is NS(=O)(=O)Oc1ccc(-c2nc3ccccc3s2)cc1.[NaH]. The Morgan fingerprint density at radius 1 is 1.05 bits per heavy atom. The summed E-state index contributed by atoms with van der Waals surface area (Å²) in [4.78, 5) is 4.52. The second kappa shape index (κ2) is 6.43. The van der Waals surface area contributed by atoms with E-state index in [2.05, 4.69) is 9.17 Å². The molecule has 8 heteroatoms. The van der Waals surface area contributed by atoms with Crippen molar-refractivity contribution in [3.63, 3.8) is 0 Å². The summed E-state index contributed by atoms with van der Waals surface area (Å²) in [6.07, 6.45) is 0. The minimum absolute atomic E-state index is 0. The molecule has 0 radical (unpaired) electrons. The van der Waals surface area contributed by atoms with Crippen molar-refractivity contribution in [3.8, 4) is 16.3 Å². The number of nitrogens with zero attached hydrogens (tertiary/aromatic N) is 1. The number of thiazole rings is 1. The zero-order valence-corrected chi connectivity index (χ0v) is 11.8. The van der Waals surface area contributed by atoms with Gasteiger partial charge in [0.1, 0.15) is 10.8 Å². The van der Waals surface area contributed by atoms with Crippen molar-refractivity contribution in [2.45, 2.75) is 0 Å². The first-order chi connectivity index (χ1) is 9.51. The number of aromatic nitrogens is 1. The number of hydrogen-bond donors (Lipinski definition) is 1. The summed E-state index contributed by atoms with van der Waals surface area (Å²) in [6, 6.07) is 14.5. The fourth-order valence-electron chi connectivity index (χ4n) is 1.78. The Morgan fingerprint density at radius 3 is 2.33 bits per heavy atom. The quantitative estimate of drug-likeness (QED) is 0.744. The van der Waals surface area contributed by atoms with E-state index in [9.17, 15) is 8.42 Å². The van der Waals surface area contributed by atoms with E-state index in [-0.39, 0.29) is 35.3 Å². The average molecular weight is 330 g/mol. The standard InChI is InChI=1S/C13H10N2O3S2.Na.H/c14-20(16,17)18-10-7-5-9(6-8-10)13-15-11-3-1-2-4-12(11)19-13;;/h1-8H,(H2,14,16,17);;. The third kappa shape index (κ3) is 4.03. The molecule has 1 heterocycles. The second-order valence-corrected chi connectivity index (χ2v) is 6.27. The average Bonchev–Trinajstić information content (AvgIpc) is 2.81. The normalized spacial score (nSPS) is 11.1. The van der Waals surface area contributed by atoms with Crippen LogP contribution in [0.4, 0.5) is 0 Å². The molecule has 5 nitrogen and oxygen atoms in total. The summed E-state index contributed by atoms with van der Waals surface area (Å²) in [5, 5.41) is 5.68. The molecule has 0 bridgehead atoms. The third-order valence-electron chi connectivity index (χ3n) is 2.61. The summed E-state index contributed by atoms with van der Waals surface area (Å²) in [5.41, 5.74) is 1.84. The summed E-state index contributed by atoms with van der Waals surface area (Å²) >= 11 is 1.57. The van der Waals surface area contributed by atoms with E-state index in [0.717, 1.165) is 20.8 Å². The van der Waals surface area contributed by atoms with E-state index in [1.54, 1.807) is 35.6 Å². The molecule has 0 atom stereocenters. The van der Waals surface area contributed by atoms with Gasteiger partial charge >= 0.3 is 39.9 Å². The molecule has 0 fully saturated rings. The molecule has 0 aliphatic heterocycles. The molecule has 0 saturated heterocycles. The van der Waals surface area contributed by atoms with Gasteiger partial charge in [-0.3, -0.25) is 0 Å². The van der Waals surface area contributed by atoms with E-state index < -0.39 is 10.3 Å². The van der Waals surface area contributed by atoms with E-state index in [4.69, 9.17) is 5.14 Å². The van der Waals surface area contributed by atoms with Crippen LogP contribution in [-0.4, -0.2) is 43.0 Å². The number of nitrogens with two attached hydrogens (primary N) is 1. The van der Waals surface area contributed by atoms with Crippen LogP contribution in [0.2, 0.25) is 0 Å². The predicted octanol–water partition coefficient (Wildman–Crippen LogP) is 1.90. The topological polar surface area (TPSA) is 82.3 Å². The molecule has 2 N–H and O–H groups in total. The van der Waals surface area contributed by atoms with Gasteiger partial charge in [0, 0.05) is 5.56 Å². The van der Waals surface area contributed by atoms with Crippen molar-refractivity contribution in [3.05, 3.63) is 48.5 Å². The van der Waals surface area contributed by atoms with Gasteiger partial charge < -0.3 is 4.18 Å². The van der Waals surface area contributed by atoms with Gasteiger partial charge in [-0.05, 0) is 36.4 Å². The van der Waals surface area contributed by atoms with Crippen molar-refractivity contribution in [1.82, 2.24) is 4.98 Å². The number of hydrogen-bond acceptors (Lipinski definition) is 5. The van der Waals surface area contributed by atoms with Gasteiger partial charge in [0.25, 0.3) is 0 Å². The van der Waals surface area contributed by atoms with Crippen molar-refractivity contribution in [1.29, 1.82) is 0 Å². The van der Waals surface area contributed by atoms with Gasteiger partial charge in [0.15, 0.2) is 0 Å². The first-order valence-electron chi connectivity index (χ1n) is 5.69. The van der Waals surface area contributed by atoms with Gasteiger partial charge in [0.05, 0.1) is 10.2 Å². The summed E-state index contributed by atoms with van der Waals surface area (Å²) < 4.78 is 27.3. The van der Waals surface area contributed by atoms with Crippen LogP contribution in [-0.2, 0) is 10.3 Å². The Morgan fingerprint density at radius 2 is 1.71 bits per heavy atom. The molecule has 3 aromatic rings. The number of benzene rings is 2. The Balaban J connectivity index is 0.00000161. The first kappa shape index (κ1) is 16.4. The number of para-hydroxylation sites is 1. The van der Waals surface area contributed by atoms with Gasteiger partial charge in [-0.2, -0.15) is 13.6 Å². The summed E-state index contributed by atoms with van der Waals surface area (Å²) in [5.74, 6) is 0.178. The van der Waals surface area contributed by atoms with Crippen molar-refractivity contribution in [2.24, 2.45) is 5.14 Å². The monoisotopic (exact) mass is 330 g/mol. The van der Waals surface area contributed by atoms with Crippen LogP contribution in [0.25, 0.3) is 20.8 Å². The van der Waals surface area contributed by atoms with Crippen LogP contribution >= 0.6 is 11.3 Å². The zero-order valence-electron chi connectivity index (χ0n) is 10.2. The van der Waals surface area contributed by atoms with Crippen LogP contribution in [0.1, 0.15) is 0 Å². The molecule has 0 unspecified atom stereocenters. The van der Waals surface area contributed by atoms with Crippen LogP contribution in [0.15, 0.2) is 48.5 Å². The van der Waals surface area contributed by atoms with Crippen LogP contribution in [0.5, 0.6) is 5.75 Å². The molecule has 0 amide bonds. The minimum atomic E-state index is -3.99. The molecule has 0 spiro atoms. The van der Waals surface area contributed by atoms with Crippen LogP contribution < -0.4 is 9.32 Å². The second-order valence-electron chi connectivity index (χ2n) is 4.09. The van der Waals surface area contributed by atoms with E-state index in [0.29, 0.717) is 0 Å². The van der Waals surface area contributed by atoms with E-state index in [1.165, 1.54) is 0 Å². The van der Waals surface area contributed by atoms with Gasteiger partial charge in [0.2, 0.25) is 0 Å². The molecular weight excluding hydrogens is 319 g/mol. The van der Waals surface area contributed by atoms with Gasteiger partial charge in [-0.1, -0.05) is 12.1 Å². The maximum absolute atomic E-state index is 10.8. The zero-order chi connectivity index (χ0) is 14.2. The van der Waals surface area contributed by atoms with Crippen molar-refractivity contribution < 1.29 is 12.6 Å².